The van der Waals surface area contributed by atoms with Crippen LogP contribution in [0.25, 0.3) is 10.9 Å². The summed E-state index contributed by atoms with van der Waals surface area (Å²) >= 11 is 0. The first kappa shape index (κ1) is 15.6. The van der Waals surface area contributed by atoms with E-state index in [0.717, 1.165) is 29.3 Å². The van der Waals surface area contributed by atoms with Crippen molar-refractivity contribution in [3.63, 3.8) is 0 Å². The molecule has 1 aliphatic carbocycles. The van der Waals surface area contributed by atoms with Crippen molar-refractivity contribution in [2.24, 2.45) is 7.05 Å². The first-order valence-electron chi connectivity index (χ1n) is 8.49. The number of aromatic nitrogens is 1. The fourth-order valence-electron chi connectivity index (χ4n) is 3.42. The topological polar surface area (TPSA) is 51.1 Å². The van der Waals surface area contributed by atoms with E-state index in [1.165, 1.54) is 10.1 Å². The van der Waals surface area contributed by atoms with E-state index in [1.807, 2.05) is 49.4 Å². The predicted molar refractivity (Wildman–Crippen MR) is 98.7 cm³/mol. The van der Waals surface area contributed by atoms with Gasteiger partial charge in [0.1, 0.15) is 5.56 Å². The summed E-state index contributed by atoms with van der Waals surface area (Å²) in [5.41, 5.74) is 2.69. The maximum absolute atomic E-state index is 12.9. The van der Waals surface area contributed by atoms with Crippen molar-refractivity contribution in [2.45, 2.75) is 25.3 Å². The number of nitrogens with one attached hydrogen (secondary N) is 1. The minimum Gasteiger partial charge on any atom is -0.342 e. The Labute approximate surface area is 146 Å². The first-order chi connectivity index (χ1) is 12.0. The van der Waals surface area contributed by atoms with Crippen molar-refractivity contribution < 1.29 is 4.79 Å². The summed E-state index contributed by atoms with van der Waals surface area (Å²) in [4.78, 5) is 25.5. The Bertz CT molecular complexity index is 1050. The molecule has 1 aromatic heterocycles. The Morgan fingerprint density at radius 3 is 2.56 bits per heavy atom. The number of aryl methyl sites for hydroxylation is 2. The Balaban J connectivity index is 1.71. The third-order valence-corrected chi connectivity index (χ3v) is 5.05. The third-order valence-electron chi connectivity index (χ3n) is 5.05. The number of hydrogen-bond donors (Lipinski definition) is 1. The molecule has 1 N–H and O–H groups in total. The van der Waals surface area contributed by atoms with Gasteiger partial charge in [0.05, 0.1) is 11.1 Å². The maximum Gasteiger partial charge on any atom is 0.263 e. The molecule has 0 spiro atoms. The lowest BCUT2D eigenvalue weighted by Crippen LogP contribution is -2.38. The summed E-state index contributed by atoms with van der Waals surface area (Å²) in [6.45, 7) is 2.04. The average Bonchev–Trinajstić information content (AvgIpc) is 3.39. The van der Waals surface area contributed by atoms with Gasteiger partial charge in [0.2, 0.25) is 0 Å². The second-order valence-corrected chi connectivity index (χ2v) is 6.89. The van der Waals surface area contributed by atoms with Gasteiger partial charge in [0.15, 0.2) is 0 Å². The molecule has 1 amide bonds. The van der Waals surface area contributed by atoms with Crippen LogP contribution in [-0.2, 0) is 12.6 Å². The molecular weight excluding hydrogens is 312 g/mol. The van der Waals surface area contributed by atoms with Crippen LogP contribution in [0, 0.1) is 6.92 Å². The molecule has 126 valence electrons. The van der Waals surface area contributed by atoms with Crippen molar-refractivity contribution in [3.05, 3.63) is 81.6 Å². The second kappa shape index (κ2) is 5.59. The highest BCUT2D eigenvalue weighted by molar-refractivity contribution is 5.98. The highest BCUT2D eigenvalue weighted by atomic mass is 16.2. The number of pyridine rings is 1. The number of nitrogens with zero attached hydrogens (tertiary/aromatic N) is 1. The van der Waals surface area contributed by atoms with Gasteiger partial charge in [0, 0.05) is 7.05 Å². The summed E-state index contributed by atoms with van der Waals surface area (Å²) in [5, 5.41) is 3.99. The molecule has 25 heavy (non-hydrogen) atoms. The molecule has 0 unspecified atom stereocenters. The fourth-order valence-corrected chi connectivity index (χ4v) is 3.42. The first-order valence-corrected chi connectivity index (χ1v) is 8.49. The van der Waals surface area contributed by atoms with E-state index in [1.54, 1.807) is 13.1 Å². The highest BCUT2D eigenvalue weighted by Gasteiger charge is 2.46. The molecule has 0 bridgehead atoms. The van der Waals surface area contributed by atoms with Gasteiger partial charge in [-0.3, -0.25) is 9.59 Å². The lowest BCUT2D eigenvalue weighted by molar-refractivity contribution is 0.0929. The van der Waals surface area contributed by atoms with Crippen LogP contribution < -0.4 is 10.9 Å². The van der Waals surface area contributed by atoms with E-state index in [4.69, 9.17) is 0 Å². The predicted octanol–water partition coefficient (Wildman–Crippen LogP) is 3.27. The monoisotopic (exact) mass is 332 g/mol. The van der Waals surface area contributed by atoms with Crippen LogP contribution in [0.3, 0.4) is 0 Å². The van der Waals surface area contributed by atoms with Gasteiger partial charge < -0.3 is 9.88 Å². The van der Waals surface area contributed by atoms with Crippen molar-refractivity contribution in [1.29, 1.82) is 0 Å². The summed E-state index contributed by atoms with van der Waals surface area (Å²) < 4.78 is 1.54. The van der Waals surface area contributed by atoms with Crippen LogP contribution in [0.15, 0.2) is 59.4 Å². The van der Waals surface area contributed by atoms with E-state index in [0.29, 0.717) is 0 Å². The Morgan fingerprint density at radius 2 is 1.84 bits per heavy atom. The van der Waals surface area contributed by atoms with E-state index in [-0.39, 0.29) is 22.6 Å². The molecule has 1 fully saturated rings. The van der Waals surface area contributed by atoms with Gasteiger partial charge in [0.25, 0.3) is 11.5 Å². The van der Waals surface area contributed by atoms with Crippen molar-refractivity contribution in [2.75, 3.05) is 0 Å². The zero-order valence-corrected chi connectivity index (χ0v) is 14.4. The highest BCUT2D eigenvalue weighted by Crippen LogP contribution is 2.45. The molecule has 4 heteroatoms. The molecule has 0 saturated heterocycles. The maximum atomic E-state index is 12.9. The fraction of sp³-hybridized carbons (Fsp3) is 0.238. The molecule has 2 aromatic carbocycles. The number of carbonyl (C=O) groups excluding carboxylic acids is 1. The second-order valence-electron chi connectivity index (χ2n) is 6.89. The Kier molecular flexibility index (Phi) is 3.49. The van der Waals surface area contributed by atoms with Gasteiger partial charge >= 0.3 is 0 Å². The van der Waals surface area contributed by atoms with Gasteiger partial charge in [-0.25, -0.2) is 0 Å². The van der Waals surface area contributed by atoms with Crippen LogP contribution in [0.4, 0.5) is 0 Å². The largest absolute Gasteiger partial charge is 0.342 e. The smallest absolute Gasteiger partial charge is 0.263 e. The van der Waals surface area contributed by atoms with Crippen LogP contribution >= 0.6 is 0 Å². The number of fused-ring (bicyclic) bond motifs is 1. The lowest BCUT2D eigenvalue weighted by Gasteiger charge is -2.19. The third kappa shape index (κ3) is 2.64. The summed E-state index contributed by atoms with van der Waals surface area (Å²) in [5.74, 6) is -0.301. The molecule has 0 aliphatic heterocycles. The number of rotatable bonds is 3. The SMILES string of the molecule is Cc1cccc(C2(NC(=O)c3cc4ccccc4n(C)c3=O)CC2)c1. The molecule has 1 saturated carbocycles. The standard InChI is InChI=1S/C21H20N2O2/c1-14-6-5-8-16(12-14)21(10-11-21)22-19(24)17-13-15-7-3-4-9-18(15)23(2)20(17)25/h3-9,12-13H,10-11H2,1-2H3,(H,22,24). The Morgan fingerprint density at radius 1 is 1.08 bits per heavy atom. The van der Waals surface area contributed by atoms with Crippen LogP contribution in [0.5, 0.6) is 0 Å². The zero-order valence-electron chi connectivity index (χ0n) is 14.4. The average molecular weight is 332 g/mol. The lowest BCUT2D eigenvalue weighted by atomic mass is 10.0. The van der Waals surface area contributed by atoms with Gasteiger partial charge in [-0.05, 0) is 42.8 Å². The molecule has 0 radical (unpaired) electrons. The summed E-state index contributed by atoms with van der Waals surface area (Å²) in [7, 11) is 1.70. The van der Waals surface area contributed by atoms with E-state index >= 15 is 0 Å². The van der Waals surface area contributed by atoms with Gasteiger partial charge in [-0.2, -0.15) is 0 Å². The minimum absolute atomic E-state index is 0.195. The summed E-state index contributed by atoms with van der Waals surface area (Å²) in [6.07, 6.45) is 1.80. The van der Waals surface area contributed by atoms with Crippen LogP contribution in [0.2, 0.25) is 0 Å². The van der Waals surface area contributed by atoms with E-state index < -0.39 is 0 Å². The molecule has 3 aromatic rings. The van der Waals surface area contributed by atoms with Crippen molar-refractivity contribution >= 4 is 16.8 Å². The van der Waals surface area contributed by atoms with Gasteiger partial charge in [-0.15, -0.1) is 0 Å². The van der Waals surface area contributed by atoms with Crippen LogP contribution in [0.1, 0.15) is 34.3 Å². The minimum atomic E-state index is -0.334. The number of benzene rings is 2. The van der Waals surface area contributed by atoms with Crippen molar-refractivity contribution in [1.82, 2.24) is 9.88 Å². The van der Waals surface area contributed by atoms with E-state index in [9.17, 15) is 9.59 Å². The number of amides is 1. The number of carbonyl (C=O) groups is 1. The van der Waals surface area contributed by atoms with Crippen molar-refractivity contribution in [3.8, 4) is 0 Å². The normalized spacial score (nSPS) is 15.1. The molecule has 0 atom stereocenters. The van der Waals surface area contributed by atoms with E-state index in [2.05, 4.69) is 11.4 Å². The summed E-state index contributed by atoms with van der Waals surface area (Å²) in [6, 6.07) is 17.5. The van der Waals surface area contributed by atoms with Gasteiger partial charge in [-0.1, -0.05) is 48.0 Å². The zero-order chi connectivity index (χ0) is 17.6. The number of para-hydroxylation sites is 1. The molecule has 1 heterocycles. The quantitative estimate of drug-likeness (QED) is 0.800. The molecular formula is C21H20N2O2. The Hall–Kier alpha value is -2.88. The molecule has 4 nitrogen and oxygen atoms in total. The number of hydrogen-bond acceptors (Lipinski definition) is 2. The van der Waals surface area contributed by atoms with Crippen LogP contribution in [-0.4, -0.2) is 10.5 Å². The molecule has 1 aliphatic rings. The molecule has 4 rings (SSSR count).